The first-order chi connectivity index (χ1) is 10.7. The van der Waals surface area contributed by atoms with E-state index in [2.05, 4.69) is 58.3 Å². The van der Waals surface area contributed by atoms with Gasteiger partial charge in [0.2, 0.25) is 0 Å². The van der Waals surface area contributed by atoms with Crippen molar-refractivity contribution in [1.29, 1.82) is 0 Å². The first-order valence-corrected chi connectivity index (χ1v) is 9.01. The van der Waals surface area contributed by atoms with Crippen LogP contribution in [0.25, 0.3) is 0 Å². The summed E-state index contributed by atoms with van der Waals surface area (Å²) in [4.78, 5) is 14.5. The van der Waals surface area contributed by atoms with Gasteiger partial charge in [-0.25, -0.2) is 4.79 Å². The van der Waals surface area contributed by atoms with Gasteiger partial charge in [-0.05, 0) is 18.4 Å². The van der Waals surface area contributed by atoms with Crippen LogP contribution in [0.2, 0.25) is 0 Å². The zero-order valence-corrected chi connectivity index (χ0v) is 15.1. The Hall–Kier alpha value is -1.30. The number of nitrogens with zero attached hydrogens (tertiary/aromatic N) is 1. The molecule has 1 aliphatic heterocycles. The Bertz CT molecular complexity index is 553. The topological polar surface area (TPSA) is 29.5 Å². The van der Waals surface area contributed by atoms with Gasteiger partial charge in [-0.2, -0.15) is 0 Å². The van der Waals surface area contributed by atoms with Gasteiger partial charge in [0.15, 0.2) is 0 Å². The van der Waals surface area contributed by atoms with Crippen LogP contribution in [-0.4, -0.2) is 28.4 Å². The molecule has 3 nitrogen and oxygen atoms in total. The lowest BCUT2D eigenvalue weighted by atomic mass is 10.1. The molecule has 1 heterocycles. The molecule has 1 aromatic rings. The van der Waals surface area contributed by atoms with Crippen LogP contribution in [0.1, 0.15) is 24.8 Å². The van der Waals surface area contributed by atoms with Gasteiger partial charge in [0, 0.05) is 29.1 Å². The number of allylic oxidation sites excluding steroid dienone is 2. The van der Waals surface area contributed by atoms with Crippen molar-refractivity contribution in [3.05, 3.63) is 59.8 Å². The third-order valence-electron chi connectivity index (χ3n) is 3.97. The van der Waals surface area contributed by atoms with E-state index in [1.54, 1.807) is 0 Å². The molecule has 0 spiro atoms. The summed E-state index contributed by atoms with van der Waals surface area (Å²) < 4.78 is 5.97. The number of carbonyl (C=O) groups is 1. The molecule has 0 fully saturated rings. The number of halogens is 1. The maximum atomic E-state index is 12.1. The van der Waals surface area contributed by atoms with Gasteiger partial charge in [0.1, 0.15) is 0 Å². The van der Waals surface area contributed by atoms with E-state index in [9.17, 15) is 4.79 Å². The summed E-state index contributed by atoms with van der Waals surface area (Å²) in [5.41, 5.74) is 3.22. The molecule has 0 amide bonds. The lowest BCUT2D eigenvalue weighted by Gasteiger charge is -2.29. The van der Waals surface area contributed by atoms with Crippen LogP contribution in [0, 0.1) is 0 Å². The van der Waals surface area contributed by atoms with Crippen LogP contribution in [0.3, 0.4) is 0 Å². The van der Waals surface area contributed by atoms with Crippen molar-refractivity contribution in [3.8, 4) is 0 Å². The van der Waals surface area contributed by atoms with Crippen molar-refractivity contribution in [2.24, 2.45) is 0 Å². The van der Waals surface area contributed by atoms with Crippen molar-refractivity contribution >= 4 is 28.6 Å². The Morgan fingerprint density at radius 2 is 2.18 bits per heavy atom. The molecule has 4 heteroatoms. The summed E-state index contributed by atoms with van der Waals surface area (Å²) in [6.45, 7) is 4.64. The second kappa shape index (κ2) is 8.36. The van der Waals surface area contributed by atoms with Gasteiger partial charge in [-0.1, -0.05) is 59.0 Å². The number of benzene rings is 1. The van der Waals surface area contributed by atoms with Crippen LogP contribution in [-0.2, 0) is 16.1 Å². The number of hydrogen-bond donors (Lipinski definition) is 0. The zero-order chi connectivity index (χ0) is 15.9. The highest BCUT2D eigenvalue weighted by Crippen LogP contribution is 2.34. The number of esters is 1. The number of rotatable bonds is 7. The predicted molar refractivity (Wildman–Crippen MR) is 97.8 cm³/mol. The minimum absolute atomic E-state index is 0.190. The van der Waals surface area contributed by atoms with Crippen molar-refractivity contribution in [2.75, 3.05) is 11.5 Å². The van der Waals surface area contributed by atoms with Gasteiger partial charge < -0.3 is 9.64 Å². The van der Waals surface area contributed by atoms with E-state index in [0.717, 1.165) is 41.5 Å². The van der Waals surface area contributed by atoms with E-state index in [-0.39, 0.29) is 5.97 Å². The number of methoxy groups -OCH3 is 1. The fourth-order valence-electron chi connectivity index (χ4n) is 2.86. The second-order valence-electron chi connectivity index (χ2n) is 5.37. The second-order valence-corrected chi connectivity index (χ2v) is 6.25. The standard InChI is InChI=1S/C18H22INO2/c1-3-4-10-17-16(18(21)22-2)11-15(12-19)20(17)13-14-8-6-5-7-9-14/h3,5-9,15H,1,4,10-13H2,2H3. The Balaban J connectivity index is 2.30. The smallest absolute Gasteiger partial charge is 0.335 e. The highest BCUT2D eigenvalue weighted by molar-refractivity contribution is 14.1. The largest absolute Gasteiger partial charge is 0.466 e. The molecule has 0 N–H and O–H groups in total. The number of alkyl halides is 1. The van der Waals surface area contributed by atoms with Crippen molar-refractivity contribution in [2.45, 2.75) is 31.8 Å². The molecule has 22 heavy (non-hydrogen) atoms. The van der Waals surface area contributed by atoms with Gasteiger partial charge in [0.25, 0.3) is 0 Å². The van der Waals surface area contributed by atoms with Crippen LogP contribution in [0.5, 0.6) is 0 Å². The van der Waals surface area contributed by atoms with Gasteiger partial charge in [-0.3, -0.25) is 0 Å². The molecule has 1 atom stereocenters. The molecular weight excluding hydrogens is 389 g/mol. The number of hydrogen-bond acceptors (Lipinski definition) is 3. The van der Waals surface area contributed by atoms with E-state index in [1.165, 1.54) is 12.7 Å². The van der Waals surface area contributed by atoms with Crippen LogP contribution in [0.15, 0.2) is 54.3 Å². The average Bonchev–Trinajstić information content (AvgIpc) is 2.90. The van der Waals surface area contributed by atoms with Crippen molar-refractivity contribution in [3.63, 3.8) is 0 Å². The minimum Gasteiger partial charge on any atom is -0.466 e. The van der Waals surface area contributed by atoms with Crippen LogP contribution in [0.4, 0.5) is 0 Å². The maximum Gasteiger partial charge on any atom is 0.335 e. The van der Waals surface area contributed by atoms with E-state index in [1.807, 2.05) is 12.1 Å². The molecule has 1 unspecified atom stereocenters. The van der Waals surface area contributed by atoms with Gasteiger partial charge >= 0.3 is 5.97 Å². The first-order valence-electron chi connectivity index (χ1n) is 7.49. The summed E-state index contributed by atoms with van der Waals surface area (Å²) in [5, 5.41) is 0. The molecule has 1 aliphatic rings. The summed E-state index contributed by atoms with van der Waals surface area (Å²) in [7, 11) is 1.46. The summed E-state index contributed by atoms with van der Waals surface area (Å²) in [6, 6.07) is 10.8. The summed E-state index contributed by atoms with van der Waals surface area (Å²) >= 11 is 2.40. The van der Waals surface area contributed by atoms with Crippen LogP contribution < -0.4 is 0 Å². The third kappa shape index (κ3) is 3.91. The Labute approximate surface area is 146 Å². The molecule has 0 radical (unpaired) electrons. The predicted octanol–water partition coefficient (Wildman–Crippen LogP) is 4.09. The van der Waals surface area contributed by atoms with E-state index in [0.29, 0.717) is 6.04 Å². The molecule has 118 valence electrons. The normalized spacial score (nSPS) is 17.7. The van der Waals surface area contributed by atoms with Crippen LogP contribution >= 0.6 is 22.6 Å². The van der Waals surface area contributed by atoms with Gasteiger partial charge in [0.05, 0.1) is 12.7 Å². The van der Waals surface area contributed by atoms with Crippen molar-refractivity contribution < 1.29 is 9.53 Å². The highest BCUT2D eigenvalue weighted by Gasteiger charge is 2.34. The van der Waals surface area contributed by atoms with E-state index < -0.39 is 0 Å². The lowest BCUT2D eigenvalue weighted by molar-refractivity contribution is -0.136. The average molecular weight is 411 g/mol. The fourth-order valence-corrected chi connectivity index (χ4v) is 3.64. The maximum absolute atomic E-state index is 12.1. The molecule has 0 bridgehead atoms. The quantitative estimate of drug-likeness (QED) is 0.293. The number of ether oxygens (including phenoxy) is 1. The summed E-state index contributed by atoms with van der Waals surface area (Å²) in [5.74, 6) is -0.190. The van der Waals surface area contributed by atoms with Crippen molar-refractivity contribution in [1.82, 2.24) is 4.90 Å². The number of carbonyl (C=O) groups excluding carboxylic acids is 1. The molecule has 0 saturated heterocycles. The molecule has 1 aromatic carbocycles. The molecule has 0 aliphatic carbocycles. The SMILES string of the molecule is C=CCCC1=C(C(=O)OC)CC(CI)N1Cc1ccccc1. The Morgan fingerprint density at radius 1 is 1.45 bits per heavy atom. The zero-order valence-electron chi connectivity index (χ0n) is 12.9. The molecule has 0 aromatic heterocycles. The van der Waals surface area contributed by atoms with E-state index in [4.69, 9.17) is 4.74 Å². The van der Waals surface area contributed by atoms with E-state index >= 15 is 0 Å². The monoisotopic (exact) mass is 411 g/mol. The molecular formula is C18H22INO2. The highest BCUT2D eigenvalue weighted by atomic mass is 127. The van der Waals surface area contributed by atoms with Gasteiger partial charge in [-0.15, -0.1) is 6.58 Å². The third-order valence-corrected chi connectivity index (χ3v) is 4.98. The molecule has 2 rings (SSSR count). The first kappa shape index (κ1) is 17.1. The lowest BCUT2D eigenvalue weighted by Crippen LogP contribution is -2.30. The Kier molecular flexibility index (Phi) is 6.49. The fraction of sp³-hybridized carbons (Fsp3) is 0.389. The minimum atomic E-state index is -0.190. The molecule has 0 saturated carbocycles. The Morgan fingerprint density at radius 3 is 2.77 bits per heavy atom. The summed E-state index contributed by atoms with van der Waals surface area (Å²) in [6.07, 6.45) is 4.39.